The molecule has 0 fully saturated rings. The summed E-state index contributed by atoms with van der Waals surface area (Å²) in [4.78, 5) is 36.2. The molecule has 2 amide bonds. The van der Waals surface area contributed by atoms with Gasteiger partial charge in [-0.15, -0.1) is 5.10 Å². The van der Waals surface area contributed by atoms with E-state index in [1.165, 1.54) is 11.6 Å². The van der Waals surface area contributed by atoms with Crippen molar-refractivity contribution in [3.05, 3.63) is 149 Å². The van der Waals surface area contributed by atoms with Crippen LogP contribution in [-0.2, 0) is 35.5 Å². The van der Waals surface area contributed by atoms with Crippen LogP contribution in [0, 0.1) is 0 Å². The van der Waals surface area contributed by atoms with Gasteiger partial charge in [0.05, 0.1) is 18.1 Å². The average Bonchev–Trinajstić information content (AvgIpc) is 3.61. The molecule has 0 bridgehead atoms. The van der Waals surface area contributed by atoms with Crippen molar-refractivity contribution in [1.29, 1.82) is 0 Å². The molecule has 0 saturated heterocycles. The van der Waals surface area contributed by atoms with Gasteiger partial charge in [-0.3, -0.25) is 9.59 Å². The fourth-order valence-electron chi connectivity index (χ4n) is 5.45. The first-order chi connectivity index (χ1) is 21.5. The second kappa shape index (κ2) is 13.5. The van der Waals surface area contributed by atoms with Crippen molar-refractivity contribution in [2.24, 2.45) is 0 Å². The van der Waals surface area contributed by atoms with E-state index in [-0.39, 0.29) is 18.4 Å². The smallest absolute Gasteiger partial charge is 0.247 e. The van der Waals surface area contributed by atoms with Gasteiger partial charge in [0.2, 0.25) is 11.8 Å². The molecule has 0 unspecified atom stereocenters. The van der Waals surface area contributed by atoms with Crippen molar-refractivity contribution in [3.8, 4) is 5.69 Å². The zero-order valence-corrected chi connectivity index (χ0v) is 24.8. The van der Waals surface area contributed by atoms with Crippen LogP contribution in [0.3, 0.4) is 0 Å². The van der Waals surface area contributed by atoms with Crippen LogP contribution in [0.15, 0.2) is 116 Å². The normalized spacial score (nSPS) is 13.4. The van der Waals surface area contributed by atoms with Crippen LogP contribution in [0.5, 0.6) is 0 Å². The third kappa shape index (κ3) is 6.93. The molecule has 0 radical (unpaired) electrons. The molecular formula is C35H31ClN6O2. The number of rotatable bonds is 9. The quantitative estimate of drug-likeness (QED) is 0.163. The Hall–Kier alpha value is -5.08. The van der Waals surface area contributed by atoms with Gasteiger partial charge in [0, 0.05) is 38.3 Å². The monoisotopic (exact) mass is 602 g/mol. The molecule has 0 aliphatic carbocycles. The molecule has 2 aromatic heterocycles. The lowest BCUT2D eigenvalue weighted by Crippen LogP contribution is -2.52. The van der Waals surface area contributed by atoms with E-state index in [0.29, 0.717) is 24.7 Å². The molecule has 3 aromatic carbocycles. The zero-order chi connectivity index (χ0) is 30.3. The predicted octanol–water partition coefficient (Wildman–Crippen LogP) is 5.55. The molecule has 0 saturated carbocycles. The number of pyridine rings is 1. The molecule has 6 rings (SSSR count). The van der Waals surface area contributed by atoms with E-state index in [9.17, 15) is 9.59 Å². The largest absolute Gasteiger partial charge is 0.336 e. The molecule has 0 N–H and O–H groups in total. The number of nitrogens with zero attached hydrogens (tertiary/aromatic N) is 6. The van der Waals surface area contributed by atoms with Gasteiger partial charge in [0.25, 0.3) is 0 Å². The molecule has 1 aliphatic heterocycles. The standard InChI is InChI=1S/C35H31ClN6O2/c36-33-16-12-27(23-37-33)13-17-34(43)41(24-28-10-14-31(15-11-28)42-21-19-38-39-42)32(22-26-6-2-1-3-7-26)35(44)40-20-18-29-8-4-5-9-30(29)25-40/h1-17,19,21,23,32H,18,20,22,24-25H2/t32-/m0/s1. The summed E-state index contributed by atoms with van der Waals surface area (Å²) in [7, 11) is 0. The van der Waals surface area contributed by atoms with Gasteiger partial charge in [-0.2, -0.15) is 0 Å². The lowest BCUT2D eigenvalue weighted by molar-refractivity contribution is -0.144. The highest BCUT2D eigenvalue weighted by molar-refractivity contribution is 6.29. The summed E-state index contributed by atoms with van der Waals surface area (Å²) in [6.07, 6.45) is 9.37. The van der Waals surface area contributed by atoms with Gasteiger partial charge in [0.1, 0.15) is 11.2 Å². The maximum absolute atomic E-state index is 14.4. The Labute approximate surface area is 261 Å². The Morgan fingerprint density at radius 1 is 0.909 bits per heavy atom. The average molecular weight is 603 g/mol. The summed E-state index contributed by atoms with van der Waals surface area (Å²) >= 11 is 5.96. The first-order valence-corrected chi connectivity index (χ1v) is 14.9. The number of carbonyl (C=O) groups is 2. The SMILES string of the molecule is O=C([C@H](Cc1ccccc1)N(Cc1ccc(-n2ccnn2)cc1)C(=O)C=Cc1ccc(Cl)nc1)N1CCc2ccccc2C1. The molecule has 3 heterocycles. The molecule has 1 atom stereocenters. The Morgan fingerprint density at radius 3 is 2.41 bits per heavy atom. The molecule has 1 aliphatic rings. The lowest BCUT2D eigenvalue weighted by atomic mass is 9.97. The third-order valence-corrected chi connectivity index (χ3v) is 8.03. The molecule has 5 aromatic rings. The number of hydrogen-bond acceptors (Lipinski definition) is 5. The molecule has 0 spiro atoms. The van der Waals surface area contributed by atoms with Crippen molar-refractivity contribution in [3.63, 3.8) is 0 Å². The second-order valence-corrected chi connectivity index (χ2v) is 11.1. The third-order valence-electron chi connectivity index (χ3n) is 7.80. The predicted molar refractivity (Wildman–Crippen MR) is 170 cm³/mol. The van der Waals surface area contributed by atoms with Crippen molar-refractivity contribution in [1.82, 2.24) is 29.8 Å². The van der Waals surface area contributed by atoms with Crippen LogP contribution in [0.4, 0.5) is 0 Å². The zero-order valence-electron chi connectivity index (χ0n) is 24.0. The van der Waals surface area contributed by atoms with Gasteiger partial charge < -0.3 is 9.80 Å². The van der Waals surface area contributed by atoms with Gasteiger partial charge in [-0.25, -0.2) is 9.67 Å². The Morgan fingerprint density at radius 2 is 1.68 bits per heavy atom. The fourth-order valence-corrected chi connectivity index (χ4v) is 5.56. The minimum atomic E-state index is -0.724. The number of aromatic nitrogens is 4. The minimum Gasteiger partial charge on any atom is -0.336 e. The highest BCUT2D eigenvalue weighted by Gasteiger charge is 2.34. The summed E-state index contributed by atoms with van der Waals surface area (Å²) in [6, 6.07) is 28.6. The summed E-state index contributed by atoms with van der Waals surface area (Å²) in [5, 5.41) is 8.32. The van der Waals surface area contributed by atoms with Crippen LogP contribution < -0.4 is 0 Å². The summed E-state index contributed by atoms with van der Waals surface area (Å²) < 4.78 is 1.67. The van der Waals surface area contributed by atoms with Gasteiger partial charge in [0.15, 0.2) is 0 Å². The maximum atomic E-state index is 14.4. The first kappa shape index (κ1) is 29.0. The number of halogens is 1. The number of amides is 2. The number of fused-ring (bicyclic) bond motifs is 1. The number of benzene rings is 3. The summed E-state index contributed by atoms with van der Waals surface area (Å²) in [5.41, 5.74) is 5.85. The van der Waals surface area contributed by atoms with E-state index >= 15 is 0 Å². The molecule has 8 nitrogen and oxygen atoms in total. The highest BCUT2D eigenvalue weighted by atomic mass is 35.5. The van der Waals surface area contributed by atoms with Gasteiger partial charge in [-0.1, -0.05) is 89.6 Å². The van der Waals surface area contributed by atoms with Crippen molar-refractivity contribution in [2.75, 3.05) is 6.54 Å². The summed E-state index contributed by atoms with van der Waals surface area (Å²) in [5.74, 6) is -0.343. The van der Waals surface area contributed by atoms with Crippen LogP contribution in [0.1, 0.15) is 27.8 Å². The van der Waals surface area contributed by atoms with Crippen LogP contribution >= 0.6 is 11.6 Å². The minimum absolute atomic E-state index is 0.0718. The Balaban J connectivity index is 1.34. The van der Waals surface area contributed by atoms with E-state index in [0.717, 1.165) is 34.4 Å². The maximum Gasteiger partial charge on any atom is 0.247 e. The van der Waals surface area contributed by atoms with E-state index in [1.54, 1.807) is 46.4 Å². The van der Waals surface area contributed by atoms with Gasteiger partial charge in [-0.05, 0) is 58.5 Å². The van der Waals surface area contributed by atoms with Crippen molar-refractivity contribution >= 4 is 29.5 Å². The fraction of sp³-hybridized carbons (Fsp3) is 0.171. The second-order valence-electron chi connectivity index (χ2n) is 10.7. The lowest BCUT2D eigenvalue weighted by Gasteiger charge is -2.37. The Kier molecular flexibility index (Phi) is 8.89. The topological polar surface area (TPSA) is 84.2 Å². The van der Waals surface area contributed by atoms with E-state index in [4.69, 9.17) is 11.6 Å². The number of carbonyl (C=O) groups excluding carboxylic acids is 2. The van der Waals surface area contributed by atoms with E-state index < -0.39 is 6.04 Å². The highest BCUT2D eigenvalue weighted by Crippen LogP contribution is 2.23. The summed E-state index contributed by atoms with van der Waals surface area (Å²) in [6.45, 7) is 1.36. The molecule has 44 heavy (non-hydrogen) atoms. The molecule has 220 valence electrons. The van der Waals surface area contributed by atoms with Crippen molar-refractivity contribution in [2.45, 2.75) is 32.0 Å². The van der Waals surface area contributed by atoms with Gasteiger partial charge >= 0.3 is 0 Å². The molecule has 9 heteroatoms. The van der Waals surface area contributed by atoms with Crippen LogP contribution in [-0.4, -0.2) is 54.2 Å². The van der Waals surface area contributed by atoms with E-state index in [1.807, 2.05) is 71.6 Å². The Bertz CT molecular complexity index is 1740. The van der Waals surface area contributed by atoms with Crippen molar-refractivity contribution < 1.29 is 9.59 Å². The number of hydrogen-bond donors (Lipinski definition) is 0. The van der Waals surface area contributed by atoms with Crippen LogP contribution in [0.2, 0.25) is 5.15 Å². The van der Waals surface area contributed by atoms with E-state index in [2.05, 4.69) is 27.4 Å². The first-order valence-electron chi connectivity index (χ1n) is 14.5. The molecular weight excluding hydrogens is 572 g/mol. The van der Waals surface area contributed by atoms with Crippen LogP contribution in [0.25, 0.3) is 11.8 Å².